The molecule has 92 valence electrons. The lowest BCUT2D eigenvalue weighted by Crippen LogP contribution is -2.05. The van der Waals surface area contributed by atoms with Gasteiger partial charge in [-0.15, -0.1) is 0 Å². The zero-order valence-corrected chi connectivity index (χ0v) is 11.1. The van der Waals surface area contributed by atoms with Crippen molar-refractivity contribution in [2.45, 2.75) is 0 Å². The maximum atomic E-state index is 12.4. The van der Waals surface area contributed by atoms with Crippen LogP contribution in [0.25, 0.3) is 0 Å². The molecule has 4 heteroatoms. The van der Waals surface area contributed by atoms with Gasteiger partial charge in [0.1, 0.15) is 5.75 Å². The highest BCUT2D eigenvalue weighted by Crippen LogP contribution is 2.29. The monoisotopic (exact) mass is 280 g/mol. The predicted molar refractivity (Wildman–Crippen MR) is 72.9 cm³/mol. The molecule has 0 radical (unpaired) electrons. The standard InChI is InChI=1S/C14H10Cl2O2/c1-18-12-8-3-2-5-9(12)14(17)13-10(15)6-4-7-11(13)16/h2-8H,1H3. The Labute approximate surface area is 115 Å². The van der Waals surface area contributed by atoms with E-state index in [0.717, 1.165) is 0 Å². The summed E-state index contributed by atoms with van der Waals surface area (Å²) in [7, 11) is 1.51. The lowest BCUT2D eigenvalue weighted by Gasteiger charge is -2.09. The number of methoxy groups -OCH3 is 1. The van der Waals surface area contributed by atoms with Gasteiger partial charge in [-0.25, -0.2) is 0 Å². The Hall–Kier alpha value is -1.51. The molecule has 0 fully saturated rings. The minimum atomic E-state index is -0.247. The molecular formula is C14H10Cl2O2. The fourth-order valence-electron chi connectivity index (χ4n) is 1.68. The van der Waals surface area contributed by atoms with E-state index in [2.05, 4.69) is 0 Å². The third-order valence-corrected chi connectivity index (χ3v) is 3.17. The Kier molecular flexibility index (Phi) is 3.90. The van der Waals surface area contributed by atoms with Crippen LogP contribution in [-0.4, -0.2) is 12.9 Å². The Morgan fingerprint density at radius 1 is 1.00 bits per heavy atom. The molecule has 2 rings (SSSR count). The summed E-state index contributed by atoms with van der Waals surface area (Å²) in [6, 6.07) is 11.9. The Morgan fingerprint density at radius 2 is 1.61 bits per heavy atom. The van der Waals surface area contributed by atoms with Crippen LogP contribution < -0.4 is 4.74 Å². The zero-order valence-electron chi connectivity index (χ0n) is 9.61. The third-order valence-electron chi connectivity index (χ3n) is 2.54. The van der Waals surface area contributed by atoms with Gasteiger partial charge in [-0.05, 0) is 24.3 Å². The number of benzene rings is 2. The fraction of sp³-hybridized carbons (Fsp3) is 0.0714. The Morgan fingerprint density at radius 3 is 2.22 bits per heavy atom. The number of ketones is 1. The zero-order chi connectivity index (χ0) is 13.1. The molecule has 0 aliphatic rings. The summed E-state index contributed by atoms with van der Waals surface area (Å²) in [4.78, 5) is 12.4. The van der Waals surface area contributed by atoms with E-state index >= 15 is 0 Å². The highest BCUT2D eigenvalue weighted by Gasteiger charge is 2.19. The molecule has 0 atom stereocenters. The van der Waals surface area contributed by atoms with Crippen LogP contribution in [0, 0.1) is 0 Å². The largest absolute Gasteiger partial charge is 0.496 e. The summed E-state index contributed by atoms with van der Waals surface area (Å²) in [6.07, 6.45) is 0. The topological polar surface area (TPSA) is 26.3 Å². The first kappa shape index (κ1) is 12.9. The van der Waals surface area contributed by atoms with Gasteiger partial charge in [0.25, 0.3) is 0 Å². The molecule has 0 heterocycles. The molecule has 18 heavy (non-hydrogen) atoms. The third kappa shape index (κ3) is 2.35. The average molecular weight is 281 g/mol. The van der Waals surface area contributed by atoms with Gasteiger partial charge >= 0.3 is 0 Å². The second kappa shape index (κ2) is 5.42. The average Bonchev–Trinajstić information content (AvgIpc) is 2.38. The van der Waals surface area contributed by atoms with E-state index in [1.165, 1.54) is 7.11 Å². The summed E-state index contributed by atoms with van der Waals surface area (Å²) in [5, 5.41) is 0.664. The summed E-state index contributed by atoms with van der Waals surface area (Å²) >= 11 is 12.0. The molecule has 0 saturated heterocycles. The molecule has 0 saturated carbocycles. The van der Waals surface area contributed by atoms with Crippen molar-refractivity contribution in [1.82, 2.24) is 0 Å². The number of ether oxygens (including phenoxy) is 1. The number of halogens is 2. The molecule has 0 spiro atoms. The number of rotatable bonds is 3. The van der Waals surface area contributed by atoms with E-state index in [4.69, 9.17) is 27.9 Å². The van der Waals surface area contributed by atoms with Crippen LogP contribution in [0.1, 0.15) is 15.9 Å². The normalized spacial score (nSPS) is 10.2. The van der Waals surface area contributed by atoms with Crippen LogP contribution in [0.2, 0.25) is 10.0 Å². The molecule has 0 aliphatic carbocycles. The molecular weight excluding hydrogens is 271 g/mol. The summed E-state index contributed by atoms with van der Waals surface area (Å²) in [5.74, 6) is 0.251. The highest BCUT2D eigenvalue weighted by molar-refractivity contribution is 6.41. The minimum Gasteiger partial charge on any atom is -0.496 e. The minimum absolute atomic E-state index is 0.247. The summed E-state index contributed by atoms with van der Waals surface area (Å²) in [6.45, 7) is 0. The molecule has 2 nitrogen and oxygen atoms in total. The van der Waals surface area contributed by atoms with Crippen molar-refractivity contribution in [2.75, 3.05) is 7.11 Å². The second-order valence-electron chi connectivity index (χ2n) is 3.63. The maximum absolute atomic E-state index is 12.4. The summed E-state index contributed by atoms with van der Waals surface area (Å²) in [5.41, 5.74) is 0.736. The van der Waals surface area contributed by atoms with E-state index < -0.39 is 0 Å². The first-order chi connectivity index (χ1) is 8.65. The predicted octanol–water partition coefficient (Wildman–Crippen LogP) is 4.23. The van der Waals surface area contributed by atoms with Gasteiger partial charge in [0.15, 0.2) is 5.78 Å². The fourth-order valence-corrected chi connectivity index (χ4v) is 2.25. The second-order valence-corrected chi connectivity index (χ2v) is 4.44. The Balaban J connectivity index is 2.55. The lowest BCUT2D eigenvalue weighted by molar-refractivity contribution is 0.103. The van der Waals surface area contributed by atoms with E-state index in [1.807, 2.05) is 0 Å². The van der Waals surface area contributed by atoms with Crippen molar-refractivity contribution in [3.8, 4) is 5.75 Å². The molecule has 0 aliphatic heterocycles. The smallest absolute Gasteiger partial charge is 0.199 e. The van der Waals surface area contributed by atoms with Crippen molar-refractivity contribution in [1.29, 1.82) is 0 Å². The van der Waals surface area contributed by atoms with Gasteiger partial charge in [0.2, 0.25) is 0 Å². The molecule has 0 aromatic heterocycles. The number of para-hydroxylation sites is 1. The molecule has 0 unspecified atom stereocenters. The molecule has 2 aromatic rings. The van der Waals surface area contributed by atoms with Crippen molar-refractivity contribution in [3.63, 3.8) is 0 Å². The first-order valence-corrected chi connectivity index (χ1v) is 6.02. The van der Waals surface area contributed by atoms with Gasteiger partial charge < -0.3 is 4.74 Å². The van der Waals surface area contributed by atoms with E-state index in [-0.39, 0.29) is 5.78 Å². The van der Waals surface area contributed by atoms with E-state index in [0.29, 0.717) is 26.9 Å². The van der Waals surface area contributed by atoms with E-state index in [1.54, 1.807) is 42.5 Å². The molecule has 0 N–H and O–H groups in total. The van der Waals surface area contributed by atoms with Crippen LogP contribution in [0.5, 0.6) is 5.75 Å². The van der Waals surface area contributed by atoms with Crippen molar-refractivity contribution in [2.24, 2.45) is 0 Å². The van der Waals surface area contributed by atoms with Gasteiger partial charge in [-0.3, -0.25) is 4.79 Å². The van der Waals surface area contributed by atoms with Gasteiger partial charge in [-0.2, -0.15) is 0 Å². The quantitative estimate of drug-likeness (QED) is 0.787. The summed E-state index contributed by atoms with van der Waals surface area (Å²) < 4.78 is 5.16. The number of carbonyl (C=O) groups excluding carboxylic acids is 1. The van der Waals surface area contributed by atoms with E-state index in [9.17, 15) is 4.79 Å². The first-order valence-electron chi connectivity index (χ1n) is 5.27. The highest BCUT2D eigenvalue weighted by atomic mass is 35.5. The molecule has 0 bridgehead atoms. The van der Waals surface area contributed by atoms with Crippen LogP contribution >= 0.6 is 23.2 Å². The van der Waals surface area contributed by atoms with Gasteiger partial charge in [-0.1, -0.05) is 41.4 Å². The van der Waals surface area contributed by atoms with Crippen LogP contribution in [0.15, 0.2) is 42.5 Å². The number of hydrogen-bond donors (Lipinski definition) is 0. The van der Waals surface area contributed by atoms with Crippen molar-refractivity contribution < 1.29 is 9.53 Å². The van der Waals surface area contributed by atoms with Gasteiger partial charge in [0.05, 0.1) is 28.3 Å². The number of hydrogen-bond acceptors (Lipinski definition) is 2. The molecule has 0 amide bonds. The number of carbonyl (C=O) groups is 1. The van der Waals surface area contributed by atoms with Crippen LogP contribution in [0.3, 0.4) is 0 Å². The Bertz CT molecular complexity index is 574. The van der Waals surface area contributed by atoms with Gasteiger partial charge in [0, 0.05) is 0 Å². The van der Waals surface area contributed by atoms with Crippen LogP contribution in [-0.2, 0) is 0 Å². The lowest BCUT2D eigenvalue weighted by atomic mass is 10.0. The molecule has 2 aromatic carbocycles. The maximum Gasteiger partial charge on any atom is 0.199 e. The SMILES string of the molecule is COc1ccccc1C(=O)c1c(Cl)cccc1Cl. The van der Waals surface area contributed by atoms with Crippen molar-refractivity contribution >= 4 is 29.0 Å². The van der Waals surface area contributed by atoms with Crippen molar-refractivity contribution in [3.05, 3.63) is 63.6 Å². The van der Waals surface area contributed by atoms with Crippen LogP contribution in [0.4, 0.5) is 0 Å².